The minimum absolute atomic E-state index is 0.0573. The SMILES string of the molecule is Nc1cc(C(F)F)c(I)cn1. The zero-order valence-electron chi connectivity index (χ0n) is 5.39. The lowest BCUT2D eigenvalue weighted by Gasteiger charge is -2.02. The van der Waals surface area contributed by atoms with E-state index in [-0.39, 0.29) is 11.4 Å². The van der Waals surface area contributed by atoms with Gasteiger partial charge < -0.3 is 5.73 Å². The number of hydrogen-bond donors (Lipinski definition) is 1. The smallest absolute Gasteiger partial charge is 0.265 e. The van der Waals surface area contributed by atoms with Crippen LogP contribution in [0.25, 0.3) is 0 Å². The second-order valence-corrected chi connectivity index (χ2v) is 3.09. The van der Waals surface area contributed by atoms with Gasteiger partial charge in [0.2, 0.25) is 0 Å². The van der Waals surface area contributed by atoms with Crippen molar-refractivity contribution in [3.05, 3.63) is 21.4 Å². The summed E-state index contributed by atoms with van der Waals surface area (Å²) >= 11 is 1.79. The molecule has 0 amide bonds. The molecule has 0 saturated heterocycles. The minimum Gasteiger partial charge on any atom is -0.384 e. The highest BCUT2D eigenvalue weighted by atomic mass is 127. The molecular weight excluding hydrogens is 265 g/mol. The van der Waals surface area contributed by atoms with Crippen LogP contribution in [-0.2, 0) is 0 Å². The first-order valence-corrected chi connectivity index (χ1v) is 3.88. The quantitative estimate of drug-likeness (QED) is 0.794. The predicted octanol–water partition coefficient (Wildman–Crippen LogP) is 2.21. The molecule has 0 bridgehead atoms. The topological polar surface area (TPSA) is 38.9 Å². The van der Waals surface area contributed by atoms with Gasteiger partial charge in [-0.2, -0.15) is 0 Å². The van der Waals surface area contributed by atoms with Crippen LogP contribution in [0.1, 0.15) is 12.0 Å². The fourth-order valence-corrected chi connectivity index (χ4v) is 1.17. The summed E-state index contributed by atoms with van der Waals surface area (Å²) in [7, 11) is 0. The molecular formula is C6H5F2IN2. The highest BCUT2D eigenvalue weighted by molar-refractivity contribution is 14.1. The molecule has 0 saturated carbocycles. The van der Waals surface area contributed by atoms with Gasteiger partial charge in [0.1, 0.15) is 5.82 Å². The summed E-state index contributed by atoms with van der Waals surface area (Å²) in [6.07, 6.45) is -1.15. The Balaban J connectivity index is 3.13. The molecule has 0 fully saturated rings. The molecule has 0 radical (unpaired) electrons. The van der Waals surface area contributed by atoms with Crippen molar-refractivity contribution in [2.75, 3.05) is 5.73 Å². The summed E-state index contributed by atoms with van der Waals surface area (Å²) in [5.41, 5.74) is 5.16. The Morgan fingerprint density at radius 2 is 2.18 bits per heavy atom. The number of pyridine rings is 1. The molecule has 1 rings (SSSR count). The third-order valence-electron chi connectivity index (χ3n) is 1.14. The zero-order valence-corrected chi connectivity index (χ0v) is 7.55. The van der Waals surface area contributed by atoms with Gasteiger partial charge in [-0.05, 0) is 28.7 Å². The monoisotopic (exact) mass is 270 g/mol. The number of hydrogen-bond acceptors (Lipinski definition) is 2. The Morgan fingerprint density at radius 1 is 1.55 bits per heavy atom. The van der Waals surface area contributed by atoms with Gasteiger partial charge in [-0.15, -0.1) is 0 Å². The third-order valence-corrected chi connectivity index (χ3v) is 2.04. The second-order valence-electron chi connectivity index (χ2n) is 1.93. The van der Waals surface area contributed by atoms with E-state index < -0.39 is 6.43 Å². The first-order chi connectivity index (χ1) is 5.11. The Bertz CT molecular complexity index is 265. The number of halogens is 3. The number of nitrogens with zero attached hydrogens (tertiary/aromatic N) is 1. The summed E-state index contributed by atoms with van der Waals surface area (Å²) < 4.78 is 24.7. The van der Waals surface area contributed by atoms with E-state index in [0.717, 1.165) is 0 Å². The van der Waals surface area contributed by atoms with Gasteiger partial charge in [0.05, 0.1) is 0 Å². The normalized spacial score (nSPS) is 10.5. The van der Waals surface area contributed by atoms with Crippen molar-refractivity contribution in [2.45, 2.75) is 6.43 Å². The second kappa shape index (κ2) is 3.29. The summed E-state index contributed by atoms with van der Waals surface area (Å²) in [6.45, 7) is 0. The maximum absolute atomic E-state index is 12.1. The maximum atomic E-state index is 12.1. The van der Waals surface area contributed by atoms with Crippen LogP contribution < -0.4 is 5.73 Å². The van der Waals surface area contributed by atoms with Crippen molar-refractivity contribution in [1.82, 2.24) is 4.98 Å². The molecule has 2 nitrogen and oxygen atoms in total. The number of rotatable bonds is 1. The molecule has 2 N–H and O–H groups in total. The molecule has 0 aliphatic carbocycles. The molecule has 0 unspecified atom stereocenters. The Kier molecular flexibility index (Phi) is 2.58. The maximum Gasteiger partial charge on any atom is 0.265 e. The molecule has 1 heterocycles. The molecule has 1 aromatic rings. The summed E-state index contributed by atoms with van der Waals surface area (Å²) in [5.74, 6) is 0.126. The van der Waals surface area contributed by atoms with Crippen molar-refractivity contribution in [2.24, 2.45) is 0 Å². The van der Waals surface area contributed by atoms with Crippen LogP contribution in [0.4, 0.5) is 14.6 Å². The number of alkyl halides is 2. The lowest BCUT2D eigenvalue weighted by Crippen LogP contribution is -1.95. The zero-order chi connectivity index (χ0) is 8.43. The Labute approximate surface area is 75.9 Å². The first-order valence-electron chi connectivity index (χ1n) is 2.80. The molecule has 0 atom stereocenters. The summed E-state index contributed by atoms with van der Waals surface area (Å²) in [6, 6.07) is 1.19. The fraction of sp³-hybridized carbons (Fsp3) is 0.167. The van der Waals surface area contributed by atoms with Gasteiger partial charge in [-0.1, -0.05) is 0 Å². The molecule has 1 aromatic heterocycles. The van der Waals surface area contributed by atoms with Crippen molar-refractivity contribution in [1.29, 1.82) is 0 Å². The molecule has 0 aliphatic rings. The van der Waals surface area contributed by atoms with Crippen molar-refractivity contribution >= 4 is 28.4 Å². The Hall–Kier alpha value is -0.460. The van der Waals surface area contributed by atoms with Crippen molar-refractivity contribution in [3.63, 3.8) is 0 Å². The molecule has 0 aromatic carbocycles. The Morgan fingerprint density at radius 3 is 2.64 bits per heavy atom. The van der Waals surface area contributed by atoms with Gasteiger partial charge in [0.15, 0.2) is 0 Å². The summed E-state index contributed by atoms with van der Waals surface area (Å²) in [4.78, 5) is 3.66. The van der Waals surface area contributed by atoms with Gasteiger partial charge >= 0.3 is 0 Å². The average molecular weight is 270 g/mol. The van der Waals surface area contributed by atoms with Crippen LogP contribution in [0.3, 0.4) is 0 Å². The van der Waals surface area contributed by atoms with Crippen molar-refractivity contribution in [3.8, 4) is 0 Å². The number of anilines is 1. The minimum atomic E-state index is -2.48. The lowest BCUT2D eigenvalue weighted by atomic mass is 10.3. The largest absolute Gasteiger partial charge is 0.384 e. The van der Waals surface area contributed by atoms with E-state index >= 15 is 0 Å². The van der Waals surface area contributed by atoms with Crippen LogP contribution >= 0.6 is 22.6 Å². The van der Waals surface area contributed by atoms with Crippen LogP contribution in [-0.4, -0.2) is 4.98 Å². The van der Waals surface area contributed by atoms with E-state index in [0.29, 0.717) is 3.57 Å². The average Bonchev–Trinajstić information content (AvgIpc) is 1.94. The standard InChI is InChI=1S/C6H5F2IN2/c7-6(8)3-1-5(10)11-2-4(3)9/h1-2,6H,(H2,10,11). The van der Waals surface area contributed by atoms with Crippen molar-refractivity contribution < 1.29 is 8.78 Å². The predicted molar refractivity (Wildman–Crippen MR) is 46.3 cm³/mol. The summed E-state index contributed by atoms with van der Waals surface area (Å²) in [5, 5.41) is 0. The number of nitrogen functional groups attached to an aromatic ring is 1. The number of nitrogens with two attached hydrogens (primary N) is 1. The van der Waals surface area contributed by atoms with E-state index in [2.05, 4.69) is 4.98 Å². The van der Waals surface area contributed by atoms with Crippen LogP contribution in [0.5, 0.6) is 0 Å². The van der Waals surface area contributed by atoms with E-state index in [1.165, 1.54) is 12.3 Å². The van der Waals surface area contributed by atoms with Crippen LogP contribution in [0.2, 0.25) is 0 Å². The van der Waals surface area contributed by atoms with Gasteiger partial charge in [-0.25, -0.2) is 13.8 Å². The highest BCUT2D eigenvalue weighted by Crippen LogP contribution is 2.24. The van der Waals surface area contributed by atoms with E-state index in [9.17, 15) is 8.78 Å². The van der Waals surface area contributed by atoms with E-state index in [1.807, 2.05) is 0 Å². The molecule has 0 aliphatic heterocycles. The third kappa shape index (κ3) is 1.98. The van der Waals surface area contributed by atoms with Gasteiger partial charge in [-0.3, -0.25) is 0 Å². The van der Waals surface area contributed by atoms with Crippen LogP contribution in [0, 0.1) is 3.57 Å². The van der Waals surface area contributed by atoms with Gasteiger partial charge in [0.25, 0.3) is 6.43 Å². The molecule has 60 valence electrons. The first kappa shape index (κ1) is 8.63. The molecule has 11 heavy (non-hydrogen) atoms. The van der Waals surface area contributed by atoms with E-state index in [1.54, 1.807) is 22.6 Å². The van der Waals surface area contributed by atoms with Gasteiger partial charge in [0, 0.05) is 15.3 Å². The molecule has 0 spiro atoms. The molecule has 5 heteroatoms. The fourth-order valence-electron chi connectivity index (χ4n) is 0.639. The lowest BCUT2D eigenvalue weighted by molar-refractivity contribution is 0.150. The van der Waals surface area contributed by atoms with Crippen LogP contribution in [0.15, 0.2) is 12.3 Å². The highest BCUT2D eigenvalue weighted by Gasteiger charge is 2.11. The number of aromatic nitrogens is 1. The van der Waals surface area contributed by atoms with E-state index in [4.69, 9.17) is 5.73 Å².